The molecule has 0 radical (unpaired) electrons. The van der Waals surface area contributed by atoms with Gasteiger partial charge in [0.2, 0.25) is 0 Å². The van der Waals surface area contributed by atoms with Crippen molar-refractivity contribution in [2.45, 2.75) is 4.90 Å². The van der Waals surface area contributed by atoms with Crippen LogP contribution in [-0.4, -0.2) is 22.6 Å². The van der Waals surface area contributed by atoms with Crippen molar-refractivity contribution >= 4 is 27.3 Å². The predicted octanol–water partition coefficient (Wildman–Crippen LogP) is 3.30. The van der Waals surface area contributed by atoms with Crippen LogP contribution in [0, 0.1) is 5.82 Å². The van der Waals surface area contributed by atoms with E-state index in [0.29, 0.717) is 11.5 Å². The van der Waals surface area contributed by atoms with Crippen molar-refractivity contribution in [3.05, 3.63) is 47.2 Å². The van der Waals surface area contributed by atoms with Gasteiger partial charge in [0.1, 0.15) is 5.82 Å². The largest absolute Gasteiger partial charge is 0.493 e. The summed E-state index contributed by atoms with van der Waals surface area (Å²) < 4.78 is 50.2. The number of halogens is 2. The molecule has 118 valence electrons. The lowest BCUT2D eigenvalue weighted by molar-refractivity contribution is 0.355. The number of anilines is 1. The molecule has 0 atom stereocenters. The van der Waals surface area contributed by atoms with E-state index in [2.05, 4.69) is 4.72 Å². The van der Waals surface area contributed by atoms with Gasteiger partial charge in [-0.2, -0.15) is 0 Å². The number of nitrogens with one attached hydrogen (secondary N) is 1. The van der Waals surface area contributed by atoms with Gasteiger partial charge < -0.3 is 9.47 Å². The Morgan fingerprint density at radius 1 is 1.05 bits per heavy atom. The van der Waals surface area contributed by atoms with Crippen molar-refractivity contribution in [1.82, 2.24) is 0 Å². The molecule has 0 spiro atoms. The van der Waals surface area contributed by atoms with Crippen LogP contribution in [0.3, 0.4) is 0 Å². The smallest absolute Gasteiger partial charge is 0.261 e. The second-order valence-corrected chi connectivity index (χ2v) is 6.34. The lowest BCUT2D eigenvalue weighted by atomic mass is 10.3. The maximum Gasteiger partial charge on any atom is 0.261 e. The van der Waals surface area contributed by atoms with E-state index in [1.54, 1.807) is 6.07 Å². The Hall–Kier alpha value is -1.99. The zero-order chi connectivity index (χ0) is 16.3. The minimum atomic E-state index is -3.89. The molecule has 2 aromatic carbocycles. The average Bonchev–Trinajstić information content (AvgIpc) is 2.49. The summed E-state index contributed by atoms with van der Waals surface area (Å²) in [5.74, 6) is 0.154. The lowest BCUT2D eigenvalue weighted by Gasteiger charge is -2.12. The van der Waals surface area contributed by atoms with Gasteiger partial charge in [0.25, 0.3) is 10.0 Å². The molecule has 8 heteroatoms. The predicted molar refractivity (Wildman–Crippen MR) is 81.8 cm³/mol. The summed E-state index contributed by atoms with van der Waals surface area (Å²) in [6.45, 7) is 0. The fourth-order valence-corrected chi connectivity index (χ4v) is 3.08. The van der Waals surface area contributed by atoms with Gasteiger partial charge in [0.15, 0.2) is 11.5 Å². The maximum absolute atomic E-state index is 13.1. The fourth-order valence-electron chi connectivity index (χ4n) is 1.76. The van der Waals surface area contributed by atoms with E-state index < -0.39 is 15.8 Å². The first-order chi connectivity index (χ1) is 10.4. The summed E-state index contributed by atoms with van der Waals surface area (Å²) in [5, 5.41) is -0.268. The number of hydrogen-bond donors (Lipinski definition) is 1. The van der Waals surface area contributed by atoms with Crippen LogP contribution in [0.25, 0.3) is 0 Å². The number of ether oxygens (including phenoxy) is 2. The third-order valence-electron chi connectivity index (χ3n) is 2.84. The summed E-state index contributed by atoms with van der Waals surface area (Å²) in [4.78, 5) is -0.145. The molecule has 0 saturated heterocycles. The molecular formula is C14H13ClFNO4S. The van der Waals surface area contributed by atoms with Gasteiger partial charge in [-0.25, -0.2) is 12.8 Å². The minimum absolute atomic E-state index is 0.145. The second-order valence-electron chi connectivity index (χ2n) is 4.25. The van der Waals surface area contributed by atoms with Crippen molar-refractivity contribution < 1.29 is 22.3 Å². The topological polar surface area (TPSA) is 64.6 Å². The Labute approximate surface area is 132 Å². The number of benzene rings is 2. The first kappa shape index (κ1) is 16.4. The van der Waals surface area contributed by atoms with Crippen molar-refractivity contribution in [3.63, 3.8) is 0 Å². The van der Waals surface area contributed by atoms with E-state index in [1.807, 2.05) is 0 Å². The Kier molecular flexibility index (Phi) is 4.77. The average molecular weight is 346 g/mol. The molecule has 2 aromatic rings. The van der Waals surface area contributed by atoms with Gasteiger partial charge in [-0.05, 0) is 30.3 Å². The Morgan fingerprint density at radius 3 is 2.32 bits per heavy atom. The highest BCUT2D eigenvalue weighted by molar-refractivity contribution is 7.92. The molecular weight excluding hydrogens is 333 g/mol. The van der Waals surface area contributed by atoms with E-state index in [4.69, 9.17) is 21.1 Å². The van der Waals surface area contributed by atoms with Crippen LogP contribution < -0.4 is 14.2 Å². The molecule has 0 saturated carbocycles. The van der Waals surface area contributed by atoms with Gasteiger partial charge in [-0.1, -0.05) is 11.6 Å². The van der Waals surface area contributed by atoms with Gasteiger partial charge in [-0.3, -0.25) is 4.72 Å². The Morgan fingerprint density at radius 2 is 1.73 bits per heavy atom. The number of hydrogen-bond acceptors (Lipinski definition) is 4. The normalized spacial score (nSPS) is 11.1. The molecule has 0 aliphatic heterocycles. The van der Waals surface area contributed by atoms with Crippen molar-refractivity contribution in [1.29, 1.82) is 0 Å². The molecule has 22 heavy (non-hydrogen) atoms. The SMILES string of the molecule is COc1ccc(NS(=O)(=O)c2ccc(F)c(Cl)c2)cc1OC. The number of methoxy groups -OCH3 is 2. The van der Waals surface area contributed by atoms with Gasteiger partial charge >= 0.3 is 0 Å². The molecule has 0 heterocycles. The molecule has 0 aromatic heterocycles. The molecule has 5 nitrogen and oxygen atoms in total. The second kappa shape index (κ2) is 6.41. The summed E-state index contributed by atoms with van der Waals surface area (Å²) in [5.41, 5.74) is 0.276. The lowest BCUT2D eigenvalue weighted by Crippen LogP contribution is -2.13. The summed E-state index contributed by atoms with van der Waals surface area (Å²) >= 11 is 5.61. The summed E-state index contributed by atoms with van der Waals surface area (Å²) in [6.07, 6.45) is 0. The van der Waals surface area contributed by atoms with Crippen LogP contribution in [0.1, 0.15) is 0 Å². The van der Waals surface area contributed by atoms with E-state index in [9.17, 15) is 12.8 Å². The summed E-state index contributed by atoms with van der Waals surface area (Å²) in [7, 11) is -0.980. The van der Waals surface area contributed by atoms with Crippen molar-refractivity contribution in [2.24, 2.45) is 0 Å². The van der Waals surface area contributed by atoms with E-state index >= 15 is 0 Å². The Balaban J connectivity index is 2.34. The first-order valence-electron chi connectivity index (χ1n) is 6.07. The van der Waals surface area contributed by atoms with Crippen LogP contribution in [0.15, 0.2) is 41.3 Å². The van der Waals surface area contributed by atoms with Gasteiger partial charge in [0, 0.05) is 6.07 Å². The highest BCUT2D eigenvalue weighted by Gasteiger charge is 2.17. The molecule has 1 N–H and O–H groups in total. The van der Waals surface area contributed by atoms with Crippen molar-refractivity contribution in [2.75, 3.05) is 18.9 Å². The zero-order valence-electron chi connectivity index (χ0n) is 11.8. The van der Waals surface area contributed by atoms with Crippen LogP contribution in [-0.2, 0) is 10.0 Å². The Bertz CT molecular complexity index is 795. The molecule has 0 unspecified atom stereocenters. The van der Waals surface area contributed by atoms with E-state index in [0.717, 1.165) is 18.2 Å². The molecule has 2 rings (SSSR count). The fraction of sp³-hybridized carbons (Fsp3) is 0.143. The third kappa shape index (κ3) is 3.42. The zero-order valence-corrected chi connectivity index (χ0v) is 13.3. The maximum atomic E-state index is 13.1. The van der Waals surface area contributed by atoms with E-state index in [1.165, 1.54) is 26.4 Å². The molecule has 0 aliphatic carbocycles. The molecule has 0 bridgehead atoms. The highest BCUT2D eigenvalue weighted by atomic mass is 35.5. The monoisotopic (exact) mass is 345 g/mol. The highest BCUT2D eigenvalue weighted by Crippen LogP contribution is 2.31. The van der Waals surface area contributed by atoms with Crippen molar-refractivity contribution in [3.8, 4) is 11.5 Å². The first-order valence-corrected chi connectivity index (χ1v) is 7.93. The van der Waals surface area contributed by atoms with Crippen LogP contribution in [0.2, 0.25) is 5.02 Å². The van der Waals surface area contributed by atoms with Gasteiger partial charge in [-0.15, -0.1) is 0 Å². The molecule has 0 aliphatic rings. The van der Waals surface area contributed by atoms with Crippen LogP contribution >= 0.6 is 11.6 Å². The van der Waals surface area contributed by atoms with Crippen LogP contribution in [0.4, 0.5) is 10.1 Å². The summed E-state index contributed by atoms with van der Waals surface area (Å²) in [6, 6.07) is 7.72. The third-order valence-corrected chi connectivity index (χ3v) is 4.51. The standard InChI is InChI=1S/C14H13ClFNO4S/c1-20-13-6-3-9(7-14(13)21-2)17-22(18,19)10-4-5-12(16)11(15)8-10/h3-8,17H,1-2H3. The van der Waals surface area contributed by atoms with E-state index in [-0.39, 0.29) is 15.6 Å². The molecule has 0 fully saturated rings. The van der Waals surface area contributed by atoms with Gasteiger partial charge in [0.05, 0.1) is 29.8 Å². The number of rotatable bonds is 5. The number of sulfonamides is 1. The molecule has 0 amide bonds. The quantitative estimate of drug-likeness (QED) is 0.903. The van der Waals surface area contributed by atoms with Crippen LogP contribution in [0.5, 0.6) is 11.5 Å². The minimum Gasteiger partial charge on any atom is -0.493 e.